The predicted molar refractivity (Wildman–Crippen MR) is 128 cm³/mol. The number of carbonyl (C=O) groups is 3. The molecule has 1 saturated heterocycles. The van der Waals surface area contributed by atoms with E-state index in [0.717, 1.165) is 10.5 Å². The molecular weight excluding hydrogens is 476 g/mol. The molecule has 2 N–H and O–H groups in total. The summed E-state index contributed by atoms with van der Waals surface area (Å²) in [7, 11) is 0. The maximum Gasteiger partial charge on any atom is 0.329 e. The third kappa shape index (κ3) is 5.07. The molecule has 178 valence electrons. The van der Waals surface area contributed by atoms with E-state index in [2.05, 4.69) is 10.6 Å². The van der Waals surface area contributed by atoms with E-state index in [4.69, 9.17) is 16.0 Å². The van der Waals surface area contributed by atoms with Gasteiger partial charge in [0.1, 0.15) is 23.8 Å². The molecule has 1 aliphatic rings. The topological polar surface area (TPSA) is 135 Å². The lowest BCUT2D eigenvalue weighted by Crippen LogP contribution is -2.38. The molecule has 4 rings (SSSR count). The van der Waals surface area contributed by atoms with E-state index in [0.29, 0.717) is 23.4 Å². The number of amides is 4. The number of imide groups is 1. The molecule has 1 fully saturated rings. The van der Waals surface area contributed by atoms with Gasteiger partial charge in [-0.1, -0.05) is 36.7 Å². The number of furan rings is 1. The summed E-state index contributed by atoms with van der Waals surface area (Å²) < 4.78 is 5.69. The van der Waals surface area contributed by atoms with Gasteiger partial charge in [-0.15, -0.1) is 0 Å². The minimum absolute atomic E-state index is 0.0625. The number of nitrogens with zero attached hydrogens (tertiary/aromatic N) is 2. The third-order valence-corrected chi connectivity index (χ3v) is 5.59. The number of urea groups is 1. The summed E-state index contributed by atoms with van der Waals surface area (Å²) in [6, 6.07) is 13.6. The molecule has 1 aliphatic heterocycles. The number of hydrogen-bond donors (Lipinski definition) is 2. The van der Waals surface area contributed by atoms with Gasteiger partial charge in [0.05, 0.1) is 9.95 Å². The molecule has 2 heterocycles. The number of nitro benzene ring substituents is 1. The molecule has 1 aromatic heterocycles. The molecule has 0 atom stereocenters. The number of aryl methyl sites for hydroxylation is 1. The van der Waals surface area contributed by atoms with Crippen LogP contribution in [0, 0.1) is 10.1 Å². The molecule has 0 unspecified atom stereocenters. The van der Waals surface area contributed by atoms with Gasteiger partial charge in [-0.25, -0.2) is 9.69 Å². The number of rotatable bonds is 7. The van der Waals surface area contributed by atoms with Crippen LogP contribution in [0.3, 0.4) is 0 Å². The summed E-state index contributed by atoms with van der Waals surface area (Å²) in [5, 5.41) is 16.2. The van der Waals surface area contributed by atoms with Crippen LogP contribution in [0.15, 0.2) is 64.7 Å². The number of para-hydroxylation sites is 1. The van der Waals surface area contributed by atoms with Gasteiger partial charge < -0.3 is 15.1 Å². The average Bonchev–Trinajstić information content (AvgIpc) is 3.39. The van der Waals surface area contributed by atoms with E-state index < -0.39 is 29.3 Å². The number of benzene rings is 2. The monoisotopic (exact) mass is 494 g/mol. The quantitative estimate of drug-likeness (QED) is 0.213. The maximum atomic E-state index is 12.7. The SMILES string of the molecule is CCc1ccccc1NC(=O)CN1C(=O)N/C(=C/c2ccc(-c3ccc([N+](=O)[O-])cc3Cl)o2)C1=O. The second-order valence-corrected chi connectivity index (χ2v) is 7.97. The van der Waals surface area contributed by atoms with E-state index in [-0.39, 0.29) is 22.2 Å². The van der Waals surface area contributed by atoms with Gasteiger partial charge in [-0.2, -0.15) is 0 Å². The number of carbonyl (C=O) groups excluding carboxylic acids is 3. The lowest BCUT2D eigenvalue weighted by molar-refractivity contribution is -0.384. The molecule has 0 bridgehead atoms. The Hall–Kier alpha value is -4.44. The van der Waals surface area contributed by atoms with E-state index in [1.807, 2.05) is 19.1 Å². The molecule has 0 saturated carbocycles. The van der Waals surface area contributed by atoms with Gasteiger partial charge in [0.25, 0.3) is 11.6 Å². The Labute approximate surface area is 204 Å². The molecule has 0 aliphatic carbocycles. The van der Waals surface area contributed by atoms with Crippen LogP contribution in [0.5, 0.6) is 0 Å². The third-order valence-electron chi connectivity index (χ3n) is 5.28. The van der Waals surface area contributed by atoms with Gasteiger partial charge in [0, 0.05) is 29.5 Å². The Morgan fingerprint density at radius 3 is 2.69 bits per heavy atom. The number of anilines is 1. The molecule has 3 aromatic rings. The van der Waals surface area contributed by atoms with Crippen molar-refractivity contribution >= 4 is 46.9 Å². The van der Waals surface area contributed by atoms with Crippen LogP contribution in [-0.4, -0.2) is 34.2 Å². The zero-order valence-electron chi connectivity index (χ0n) is 18.4. The first-order valence-electron chi connectivity index (χ1n) is 10.5. The number of halogens is 1. The summed E-state index contributed by atoms with van der Waals surface area (Å²) in [6.07, 6.45) is 2.04. The van der Waals surface area contributed by atoms with Crippen LogP contribution in [-0.2, 0) is 16.0 Å². The highest BCUT2D eigenvalue weighted by Gasteiger charge is 2.35. The second-order valence-electron chi connectivity index (χ2n) is 7.56. The van der Waals surface area contributed by atoms with Gasteiger partial charge in [-0.05, 0) is 36.2 Å². The van der Waals surface area contributed by atoms with Gasteiger partial charge in [-0.3, -0.25) is 19.7 Å². The highest BCUT2D eigenvalue weighted by molar-refractivity contribution is 6.33. The first-order valence-corrected chi connectivity index (χ1v) is 10.9. The average molecular weight is 495 g/mol. The number of nitrogens with one attached hydrogen (secondary N) is 2. The van der Waals surface area contributed by atoms with Crippen LogP contribution in [0.25, 0.3) is 17.4 Å². The summed E-state index contributed by atoms with van der Waals surface area (Å²) in [5.41, 5.74) is 1.76. The predicted octanol–water partition coefficient (Wildman–Crippen LogP) is 4.60. The molecular formula is C24H19ClN4O6. The summed E-state index contributed by atoms with van der Waals surface area (Å²) in [6.45, 7) is 1.50. The minimum Gasteiger partial charge on any atom is -0.457 e. The lowest BCUT2D eigenvalue weighted by Gasteiger charge is -2.13. The fourth-order valence-corrected chi connectivity index (χ4v) is 3.80. The first kappa shape index (κ1) is 23.7. The van der Waals surface area contributed by atoms with Crippen molar-refractivity contribution in [2.24, 2.45) is 0 Å². The van der Waals surface area contributed by atoms with Crippen LogP contribution in [0.4, 0.5) is 16.2 Å². The Balaban J connectivity index is 1.47. The van der Waals surface area contributed by atoms with Gasteiger partial charge in [0.2, 0.25) is 5.91 Å². The van der Waals surface area contributed by atoms with Gasteiger partial charge in [0.15, 0.2) is 0 Å². The van der Waals surface area contributed by atoms with Crippen molar-refractivity contribution in [1.82, 2.24) is 10.2 Å². The van der Waals surface area contributed by atoms with Crippen molar-refractivity contribution in [1.29, 1.82) is 0 Å². The zero-order valence-corrected chi connectivity index (χ0v) is 19.2. The van der Waals surface area contributed by atoms with Crippen LogP contribution in [0.1, 0.15) is 18.2 Å². The van der Waals surface area contributed by atoms with E-state index in [9.17, 15) is 24.5 Å². The Bertz CT molecular complexity index is 1380. The fraction of sp³-hybridized carbons (Fsp3) is 0.125. The fourth-order valence-electron chi connectivity index (χ4n) is 3.53. The Morgan fingerprint density at radius 1 is 1.20 bits per heavy atom. The molecule has 4 amide bonds. The normalized spacial score (nSPS) is 14.3. The van der Waals surface area contributed by atoms with Crippen molar-refractivity contribution in [2.75, 3.05) is 11.9 Å². The lowest BCUT2D eigenvalue weighted by atomic mass is 10.1. The Kier molecular flexibility index (Phi) is 6.65. The standard InChI is InChI=1S/C24H19ClN4O6/c1-2-14-5-3-4-6-19(14)26-22(30)13-28-23(31)20(27-24(28)32)12-16-8-10-21(35-16)17-9-7-15(29(33)34)11-18(17)25/h3-12H,2,13H2,1H3,(H,26,30)(H,27,32)/b20-12+. The van der Waals surface area contributed by atoms with Crippen LogP contribution < -0.4 is 10.6 Å². The number of hydrogen-bond acceptors (Lipinski definition) is 6. The van der Waals surface area contributed by atoms with Crippen molar-refractivity contribution in [3.8, 4) is 11.3 Å². The summed E-state index contributed by atoms with van der Waals surface area (Å²) in [4.78, 5) is 48.7. The van der Waals surface area contributed by atoms with Crippen molar-refractivity contribution < 1.29 is 23.7 Å². The number of nitro groups is 1. The van der Waals surface area contributed by atoms with Crippen molar-refractivity contribution in [3.63, 3.8) is 0 Å². The second kappa shape index (κ2) is 9.82. The largest absolute Gasteiger partial charge is 0.457 e. The van der Waals surface area contributed by atoms with Crippen molar-refractivity contribution in [2.45, 2.75) is 13.3 Å². The van der Waals surface area contributed by atoms with Crippen LogP contribution >= 0.6 is 11.6 Å². The molecule has 35 heavy (non-hydrogen) atoms. The molecule has 0 radical (unpaired) electrons. The zero-order chi connectivity index (χ0) is 25.1. The molecule has 11 heteroatoms. The summed E-state index contributed by atoms with van der Waals surface area (Å²) in [5.74, 6) is -0.635. The first-order chi connectivity index (χ1) is 16.8. The smallest absolute Gasteiger partial charge is 0.329 e. The highest BCUT2D eigenvalue weighted by atomic mass is 35.5. The molecule has 0 spiro atoms. The molecule has 10 nitrogen and oxygen atoms in total. The molecule has 2 aromatic carbocycles. The van der Waals surface area contributed by atoms with Crippen molar-refractivity contribution in [3.05, 3.63) is 86.8 Å². The Morgan fingerprint density at radius 2 is 1.97 bits per heavy atom. The summed E-state index contributed by atoms with van der Waals surface area (Å²) >= 11 is 6.14. The maximum absolute atomic E-state index is 12.7. The van der Waals surface area contributed by atoms with E-state index in [1.54, 1.807) is 24.3 Å². The van der Waals surface area contributed by atoms with E-state index >= 15 is 0 Å². The highest BCUT2D eigenvalue weighted by Crippen LogP contribution is 2.32. The van der Waals surface area contributed by atoms with Crippen LogP contribution in [0.2, 0.25) is 5.02 Å². The number of non-ortho nitro benzene ring substituents is 1. The minimum atomic E-state index is -0.731. The van der Waals surface area contributed by atoms with Gasteiger partial charge >= 0.3 is 6.03 Å². The van der Waals surface area contributed by atoms with E-state index in [1.165, 1.54) is 24.3 Å².